The molecule has 0 aliphatic heterocycles. The minimum absolute atomic E-state index is 0.256. The van der Waals surface area contributed by atoms with Crippen LogP contribution in [0.4, 0.5) is 4.79 Å². The maximum atomic E-state index is 10.5. The third kappa shape index (κ3) is 4.58. The molecule has 0 aliphatic carbocycles. The number of hydrogen-bond donors (Lipinski definition) is 0. The van der Waals surface area contributed by atoms with Crippen LogP contribution in [0.25, 0.3) is 0 Å². The zero-order valence-corrected chi connectivity index (χ0v) is 6.88. The first kappa shape index (κ1) is 10.2. The fourth-order valence-corrected chi connectivity index (χ4v) is 0.553. The van der Waals surface area contributed by atoms with Crippen LogP contribution in [0.3, 0.4) is 0 Å². The van der Waals surface area contributed by atoms with Crippen LogP contribution in [0.2, 0.25) is 0 Å². The van der Waals surface area contributed by atoms with E-state index in [4.69, 9.17) is 16.4 Å². The molecule has 62 valence electrons. The van der Waals surface area contributed by atoms with Gasteiger partial charge >= 0.3 is 5.37 Å². The predicted octanol–water partition coefficient (Wildman–Crippen LogP) is 1.95. The first-order chi connectivity index (χ1) is 5.22. The number of nitrogens with zero attached hydrogens (tertiary/aromatic N) is 1. The lowest BCUT2D eigenvalue weighted by Crippen LogP contribution is -2.26. The van der Waals surface area contributed by atoms with Gasteiger partial charge in [-0.25, -0.2) is 5.06 Å². The average molecular weight is 176 g/mol. The molecule has 0 aromatic heterocycles. The topological polar surface area (TPSA) is 29.5 Å². The van der Waals surface area contributed by atoms with Gasteiger partial charge in [0.2, 0.25) is 0 Å². The fourth-order valence-electron chi connectivity index (χ4n) is 0.435. The molecule has 0 aromatic carbocycles. The second-order valence-corrected chi connectivity index (χ2v) is 2.01. The van der Waals surface area contributed by atoms with Crippen LogP contribution in [-0.2, 0) is 4.84 Å². The van der Waals surface area contributed by atoms with E-state index in [2.05, 4.69) is 13.2 Å². The van der Waals surface area contributed by atoms with Crippen molar-refractivity contribution < 1.29 is 9.63 Å². The highest BCUT2D eigenvalue weighted by atomic mass is 35.5. The Kier molecular flexibility index (Phi) is 5.51. The van der Waals surface area contributed by atoms with Crippen molar-refractivity contribution in [3.63, 3.8) is 0 Å². The summed E-state index contributed by atoms with van der Waals surface area (Å²) < 4.78 is 0. The van der Waals surface area contributed by atoms with Crippen molar-refractivity contribution >= 4 is 17.0 Å². The summed E-state index contributed by atoms with van der Waals surface area (Å²) in [4.78, 5) is 15.4. The van der Waals surface area contributed by atoms with Crippen LogP contribution in [0.1, 0.15) is 0 Å². The minimum atomic E-state index is -0.660. The molecule has 0 radical (unpaired) electrons. The van der Waals surface area contributed by atoms with Gasteiger partial charge in [-0.05, 0) is 11.6 Å². The van der Waals surface area contributed by atoms with Crippen molar-refractivity contribution in [1.29, 1.82) is 0 Å². The molecule has 3 nitrogen and oxygen atoms in total. The third-order valence-corrected chi connectivity index (χ3v) is 1.03. The van der Waals surface area contributed by atoms with Gasteiger partial charge in [-0.15, -0.1) is 13.2 Å². The first-order valence-corrected chi connectivity index (χ1v) is 3.42. The lowest BCUT2D eigenvalue weighted by Gasteiger charge is -2.15. The van der Waals surface area contributed by atoms with E-state index in [0.29, 0.717) is 0 Å². The Hall–Kier alpha value is -0.800. The number of halogens is 1. The third-order valence-electron chi connectivity index (χ3n) is 0.839. The molecule has 1 amide bonds. The zero-order chi connectivity index (χ0) is 8.69. The zero-order valence-electron chi connectivity index (χ0n) is 6.12. The van der Waals surface area contributed by atoms with Gasteiger partial charge in [0.1, 0.15) is 0 Å². The van der Waals surface area contributed by atoms with Crippen LogP contribution in [0, 0.1) is 0 Å². The van der Waals surface area contributed by atoms with E-state index in [1.807, 2.05) is 0 Å². The lowest BCUT2D eigenvalue weighted by molar-refractivity contribution is -0.0881. The van der Waals surface area contributed by atoms with Crippen LogP contribution in [0.5, 0.6) is 0 Å². The number of carbonyl (C=O) groups is 1. The summed E-state index contributed by atoms with van der Waals surface area (Å²) in [6.45, 7) is 7.38. The molecule has 0 rings (SSSR count). The quantitative estimate of drug-likeness (QED) is 0.277. The maximum Gasteiger partial charge on any atom is 0.340 e. The van der Waals surface area contributed by atoms with E-state index < -0.39 is 5.37 Å². The highest BCUT2D eigenvalue weighted by molar-refractivity contribution is 6.62. The normalized spacial score (nSPS) is 8.82. The van der Waals surface area contributed by atoms with Gasteiger partial charge in [0.25, 0.3) is 0 Å². The van der Waals surface area contributed by atoms with Crippen molar-refractivity contribution in [1.82, 2.24) is 5.06 Å². The Labute approximate surface area is 70.8 Å². The summed E-state index contributed by atoms with van der Waals surface area (Å²) in [7, 11) is 0. The number of amides is 1. The van der Waals surface area contributed by atoms with E-state index in [0.717, 1.165) is 5.06 Å². The molecule has 0 aromatic rings. The standard InChI is InChI=1S/C7H10ClNO2/c1-3-5-9(7(8)10)11-6-4-2/h3-4H,1-2,5-6H2. The molecule has 0 atom stereocenters. The van der Waals surface area contributed by atoms with Gasteiger partial charge in [-0.2, -0.15) is 0 Å². The minimum Gasteiger partial charge on any atom is -0.266 e. The van der Waals surface area contributed by atoms with Gasteiger partial charge in [0, 0.05) is 0 Å². The van der Waals surface area contributed by atoms with Crippen molar-refractivity contribution in [3.8, 4) is 0 Å². The fraction of sp³-hybridized carbons (Fsp3) is 0.286. The molecule has 0 unspecified atom stereocenters. The molecule has 0 saturated carbocycles. The monoisotopic (exact) mass is 175 g/mol. The van der Waals surface area contributed by atoms with Gasteiger partial charge in [0.05, 0.1) is 13.2 Å². The Balaban J connectivity index is 3.77. The van der Waals surface area contributed by atoms with E-state index in [-0.39, 0.29) is 13.2 Å². The van der Waals surface area contributed by atoms with Gasteiger partial charge in [-0.1, -0.05) is 12.2 Å². The Morgan fingerprint density at radius 1 is 1.55 bits per heavy atom. The molecule has 0 spiro atoms. The van der Waals surface area contributed by atoms with Crippen molar-refractivity contribution in [2.45, 2.75) is 0 Å². The molecule has 0 saturated heterocycles. The average Bonchev–Trinajstić information content (AvgIpc) is 1.97. The molecule has 11 heavy (non-hydrogen) atoms. The largest absolute Gasteiger partial charge is 0.340 e. The van der Waals surface area contributed by atoms with Gasteiger partial charge in [-0.3, -0.25) is 9.63 Å². The summed E-state index contributed by atoms with van der Waals surface area (Å²) in [5, 5.41) is 0.336. The summed E-state index contributed by atoms with van der Waals surface area (Å²) in [5.74, 6) is 0. The SMILES string of the molecule is C=CCON(CC=C)C(=O)Cl. The number of hydroxylamine groups is 2. The van der Waals surface area contributed by atoms with Crippen LogP contribution in [-0.4, -0.2) is 23.6 Å². The van der Waals surface area contributed by atoms with E-state index >= 15 is 0 Å². The Morgan fingerprint density at radius 2 is 2.18 bits per heavy atom. The summed E-state index contributed by atoms with van der Waals surface area (Å²) >= 11 is 5.14. The summed E-state index contributed by atoms with van der Waals surface area (Å²) in [5.41, 5.74) is 0. The summed E-state index contributed by atoms with van der Waals surface area (Å²) in [6.07, 6.45) is 3.04. The molecule has 0 heterocycles. The van der Waals surface area contributed by atoms with Crippen molar-refractivity contribution in [2.75, 3.05) is 13.2 Å². The lowest BCUT2D eigenvalue weighted by atomic mass is 10.6. The first-order valence-electron chi connectivity index (χ1n) is 3.04. The van der Waals surface area contributed by atoms with E-state index in [9.17, 15) is 4.79 Å². The highest BCUT2D eigenvalue weighted by Gasteiger charge is 2.07. The van der Waals surface area contributed by atoms with E-state index in [1.165, 1.54) is 12.2 Å². The van der Waals surface area contributed by atoms with E-state index in [1.54, 1.807) is 0 Å². The van der Waals surface area contributed by atoms with Gasteiger partial charge in [0.15, 0.2) is 0 Å². The molecular formula is C7H10ClNO2. The predicted molar refractivity (Wildman–Crippen MR) is 44.3 cm³/mol. The van der Waals surface area contributed by atoms with Crippen LogP contribution in [0.15, 0.2) is 25.3 Å². The maximum absolute atomic E-state index is 10.5. The summed E-state index contributed by atoms with van der Waals surface area (Å²) in [6, 6.07) is 0. The highest BCUT2D eigenvalue weighted by Crippen LogP contribution is 1.97. The molecule has 0 N–H and O–H groups in total. The second-order valence-electron chi connectivity index (χ2n) is 1.69. The molecular weight excluding hydrogens is 166 g/mol. The molecule has 4 heteroatoms. The second kappa shape index (κ2) is 5.95. The number of carbonyl (C=O) groups excluding carboxylic acids is 1. The van der Waals surface area contributed by atoms with Crippen molar-refractivity contribution in [2.24, 2.45) is 0 Å². The molecule has 0 fully saturated rings. The molecule has 0 bridgehead atoms. The number of hydrogen-bond acceptors (Lipinski definition) is 2. The smallest absolute Gasteiger partial charge is 0.266 e. The Bertz CT molecular complexity index is 159. The Morgan fingerprint density at radius 3 is 2.55 bits per heavy atom. The van der Waals surface area contributed by atoms with Gasteiger partial charge < -0.3 is 0 Å². The van der Waals surface area contributed by atoms with Crippen LogP contribution < -0.4 is 0 Å². The number of rotatable bonds is 5. The van der Waals surface area contributed by atoms with Crippen molar-refractivity contribution in [3.05, 3.63) is 25.3 Å². The molecule has 0 aliphatic rings. The van der Waals surface area contributed by atoms with Crippen LogP contribution >= 0.6 is 11.6 Å².